The number of aromatic nitrogens is 1. The SMILES string of the molecule is O=C(c1cnc(C2CC2)o1)N1CC[C@]2(C(=O)O)CCCCC[C@H]12. The fourth-order valence-electron chi connectivity index (χ4n) is 4.27. The number of aliphatic carboxylic acids is 1. The predicted molar refractivity (Wildman–Crippen MR) is 81.1 cm³/mol. The molecule has 1 N–H and O–H groups in total. The zero-order chi connectivity index (χ0) is 16.0. The van der Waals surface area contributed by atoms with Gasteiger partial charge in [-0.1, -0.05) is 19.3 Å². The van der Waals surface area contributed by atoms with Crippen molar-refractivity contribution in [3.63, 3.8) is 0 Å². The Balaban J connectivity index is 1.60. The third kappa shape index (κ3) is 2.35. The van der Waals surface area contributed by atoms with E-state index < -0.39 is 11.4 Å². The van der Waals surface area contributed by atoms with Gasteiger partial charge in [-0.15, -0.1) is 0 Å². The van der Waals surface area contributed by atoms with Crippen LogP contribution in [0.3, 0.4) is 0 Å². The monoisotopic (exact) mass is 318 g/mol. The summed E-state index contributed by atoms with van der Waals surface area (Å²) in [5, 5.41) is 9.81. The minimum absolute atomic E-state index is 0.195. The Hall–Kier alpha value is -1.85. The molecule has 2 heterocycles. The normalized spacial score (nSPS) is 30.8. The maximum Gasteiger partial charge on any atom is 0.311 e. The Morgan fingerprint density at radius 2 is 2.04 bits per heavy atom. The summed E-state index contributed by atoms with van der Waals surface area (Å²) in [5.41, 5.74) is -0.772. The van der Waals surface area contributed by atoms with Gasteiger partial charge in [0, 0.05) is 18.5 Å². The summed E-state index contributed by atoms with van der Waals surface area (Å²) in [6.07, 6.45) is 8.58. The lowest BCUT2D eigenvalue weighted by atomic mass is 9.76. The predicted octanol–water partition coefficient (Wildman–Crippen LogP) is 2.80. The van der Waals surface area contributed by atoms with E-state index in [1.807, 2.05) is 0 Å². The number of hydrogen-bond acceptors (Lipinski definition) is 4. The molecular weight excluding hydrogens is 296 g/mol. The molecule has 124 valence electrons. The second-order valence-electron chi connectivity index (χ2n) is 7.16. The molecule has 1 amide bonds. The molecule has 1 aromatic rings. The van der Waals surface area contributed by atoms with Crippen LogP contribution >= 0.6 is 0 Å². The number of amides is 1. The molecule has 2 aliphatic carbocycles. The Morgan fingerprint density at radius 3 is 2.78 bits per heavy atom. The standard InChI is InChI=1S/C17H22N2O4/c20-15(12-10-18-14(23-12)11-5-6-11)19-9-8-17(16(21)22)7-3-1-2-4-13(17)19/h10-11,13H,1-9H2,(H,21,22)/t13-,17+/m0/s1. The molecule has 6 heteroatoms. The highest BCUT2D eigenvalue weighted by Gasteiger charge is 2.54. The number of carbonyl (C=O) groups excluding carboxylic acids is 1. The van der Waals surface area contributed by atoms with E-state index in [4.69, 9.17) is 4.42 Å². The van der Waals surface area contributed by atoms with Gasteiger partial charge >= 0.3 is 5.97 Å². The topological polar surface area (TPSA) is 83.6 Å². The molecule has 3 fully saturated rings. The third-order valence-electron chi connectivity index (χ3n) is 5.76. The van der Waals surface area contributed by atoms with Gasteiger partial charge in [0.15, 0.2) is 5.89 Å². The van der Waals surface area contributed by atoms with Crippen LogP contribution in [0.5, 0.6) is 0 Å². The first-order valence-electron chi connectivity index (χ1n) is 8.62. The zero-order valence-corrected chi connectivity index (χ0v) is 13.2. The minimum Gasteiger partial charge on any atom is -0.481 e. The van der Waals surface area contributed by atoms with E-state index in [0.29, 0.717) is 31.2 Å². The fourth-order valence-corrected chi connectivity index (χ4v) is 4.27. The number of nitrogens with zero attached hydrogens (tertiary/aromatic N) is 2. The summed E-state index contributed by atoms with van der Waals surface area (Å²) >= 11 is 0. The number of fused-ring (bicyclic) bond motifs is 1. The largest absolute Gasteiger partial charge is 0.481 e. The lowest BCUT2D eigenvalue weighted by molar-refractivity contribution is -0.150. The number of likely N-dealkylation sites (tertiary alicyclic amines) is 1. The summed E-state index contributed by atoms with van der Waals surface area (Å²) in [6, 6.07) is -0.218. The van der Waals surface area contributed by atoms with E-state index in [2.05, 4.69) is 4.98 Å². The number of carboxylic acid groups (broad SMARTS) is 1. The van der Waals surface area contributed by atoms with Crippen LogP contribution < -0.4 is 0 Å². The van der Waals surface area contributed by atoms with Crippen LogP contribution in [-0.4, -0.2) is 39.5 Å². The van der Waals surface area contributed by atoms with Gasteiger partial charge in [0.2, 0.25) is 5.76 Å². The van der Waals surface area contributed by atoms with E-state index in [1.165, 1.54) is 6.20 Å². The molecule has 6 nitrogen and oxygen atoms in total. The Bertz CT molecular complexity index is 636. The number of hydrogen-bond donors (Lipinski definition) is 1. The van der Waals surface area contributed by atoms with E-state index in [0.717, 1.165) is 38.5 Å². The van der Waals surface area contributed by atoms with Crippen molar-refractivity contribution in [3.8, 4) is 0 Å². The molecule has 0 radical (unpaired) electrons. The van der Waals surface area contributed by atoms with Gasteiger partial charge in [-0.05, 0) is 32.1 Å². The Labute approximate surface area is 134 Å². The summed E-state index contributed by atoms with van der Waals surface area (Å²) in [7, 11) is 0. The van der Waals surface area contributed by atoms with Crippen LogP contribution in [0.4, 0.5) is 0 Å². The maximum atomic E-state index is 12.8. The lowest BCUT2D eigenvalue weighted by Gasteiger charge is -2.33. The first kappa shape index (κ1) is 14.7. The molecule has 0 unspecified atom stereocenters. The molecule has 4 rings (SSSR count). The quantitative estimate of drug-likeness (QED) is 0.926. The zero-order valence-electron chi connectivity index (χ0n) is 13.2. The summed E-state index contributed by atoms with van der Waals surface area (Å²) in [4.78, 5) is 30.7. The van der Waals surface area contributed by atoms with E-state index >= 15 is 0 Å². The van der Waals surface area contributed by atoms with Crippen LogP contribution in [0.25, 0.3) is 0 Å². The molecule has 0 bridgehead atoms. The molecule has 0 aromatic carbocycles. The smallest absolute Gasteiger partial charge is 0.311 e. The summed E-state index contributed by atoms with van der Waals surface area (Å²) < 4.78 is 5.64. The Morgan fingerprint density at radius 1 is 1.22 bits per heavy atom. The van der Waals surface area contributed by atoms with Gasteiger partial charge in [0.05, 0.1) is 11.6 Å². The molecule has 1 aliphatic heterocycles. The van der Waals surface area contributed by atoms with Crippen molar-refractivity contribution in [2.75, 3.05) is 6.54 Å². The van der Waals surface area contributed by atoms with Gasteiger partial charge in [-0.3, -0.25) is 9.59 Å². The average molecular weight is 318 g/mol. The molecule has 2 saturated carbocycles. The van der Waals surface area contributed by atoms with Crippen LogP contribution in [0.15, 0.2) is 10.6 Å². The second-order valence-corrected chi connectivity index (χ2v) is 7.16. The number of oxazole rings is 1. The van der Waals surface area contributed by atoms with Crippen molar-refractivity contribution >= 4 is 11.9 Å². The molecule has 1 saturated heterocycles. The van der Waals surface area contributed by atoms with Crippen molar-refractivity contribution in [1.29, 1.82) is 0 Å². The minimum atomic E-state index is -0.772. The lowest BCUT2D eigenvalue weighted by Crippen LogP contribution is -2.46. The molecule has 3 aliphatic rings. The van der Waals surface area contributed by atoms with Crippen molar-refractivity contribution in [3.05, 3.63) is 17.8 Å². The average Bonchev–Trinajstić information content (AvgIpc) is 3.22. The first-order chi connectivity index (χ1) is 11.1. The van der Waals surface area contributed by atoms with Crippen molar-refractivity contribution in [2.24, 2.45) is 5.41 Å². The number of carboxylic acids is 1. The Kier molecular flexibility index (Phi) is 3.43. The van der Waals surface area contributed by atoms with Crippen LogP contribution in [0.2, 0.25) is 0 Å². The molecule has 0 spiro atoms. The molecule has 1 aromatic heterocycles. The summed E-state index contributed by atoms with van der Waals surface area (Å²) in [5.74, 6) is 0.330. The maximum absolute atomic E-state index is 12.8. The highest BCUT2D eigenvalue weighted by atomic mass is 16.4. The molecule has 2 atom stereocenters. The van der Waals surface area contributed by atoms with Gasteiger partial charge in [0.1, 0.15) is 0 Å². The van der Waals surface area contributed by atoms with E-state index in [9.17, 15) is 14.7 Å². The fraction of sp³-hybridized carbons (Fsp3) is 0.706. The highest BCUT2D eigenvalue weighted by Crippen LogP contribution is 2.47. The second kappa shape index (κ2) is 5.35. The van der Waals surface area contributed by atoms with Crippen LogP contribution in [-0.2, 0) is 4.79 Å². The third-order valence-corrected chi connectivity index (χ3v) is 5.76. The molecular formula is C17H22N2O4. The first-order valence-corrected chi connectivity index (χ1v) is 8.62. The summed E-state index contributed by atoms with van der Waals surface area (Å²) in [6.45, 7) is 0.495. The van der Waals surface area contributed by atoms with Crippen molar-refractivity contribution in [1.82, 2.24) is 9.88 Å². The number of rotatable bonds is 3. The van der Waals surface area contributed by atoms with Crippen LogP contribution in [0, 0.1) is 5.41 Å². The van der Waals surface area contributed by atoms with Crippen molar-refractivity contribution < 1.29 is 19.1 Å². The molecule has 23 heavy (non-hydrogen) atoms. The van der Waals surface area contributed by atoms with Gasteiger partial charge in [-0.2, -0.15) is 0 Å². The van der Waals surface area contributed by atoms with E-state index in [-0.39, 0.29) is 17.7 Å². The van der Waals surface area contributed by atoms with Gasteiger partial charge in [0.25, 0.3) is 5.91 Å². The highest BCUT2D eigenvalue weighted by molar-refractivity contribution is 5.92. The van der Waals surface area contributed by atoms with E-state index in [1.54, 1.807) is 4.90 Å². The number of carbonyl (C=O) groups is 2. The van der Waals surface area contributed by atoms with Gasteiger partial charge < -0.3 is 14.4 Å². The van der Waals surface area contributed by atoms with Crippen molar-refractivity contribution in [2.45, 2.75) is 63.3 Å². The van der Waals surface area contributed by atoms with Crippen LogP contribution in [0.1, 0.15) is 73.7 Å². The van der Waals surface area contributed by atoms with Gasteiger partial charge in [-0.25, -0.2) is 4.98 Å².